The first kappa shape index (κ1) is 14.5. The number of carbonyl (C=O) groups is 1. The van der Waals surface area contributed by atoms with E-state index in [2.05, 4.69) is 28.3 Å². The number of likely N-dealkylation sites (tertiary alicyclic amines) is 1. The smallest absolute Gasteiger partial charge is 0.225 e. The predicted octanol–water partition coefficient (Wildman–Crippen LogP) is 2.27. The molecule has 1 saturated heterocycles. The SMILES string of the molecule is CCCCc1cn(CC2CCN(C(=O)C3CC3)CC2)nn1. The molecule has 3 rings (SSSR count). The number of amides is 1. The summed E-state index contributed by atoms with van der Waals surface area (Å²) in [6.07, 6.45) is 9.92. The van der Waals surface area contributed by atoms with Gasteiger partial charge in [0.2, 0.25) is 5.91 Å². The third-order valence-electron chi connectivity index (χ3n) is 4.67. The van der Waals surface area contributed by atoms with E-state index < -0.39 is 0 Å². The topological polar surface area (TPSA) is 51.0 Å². The van der Waals surface area contributed by atoms with Crippen LogP contribution in [0.3, 0.4) is 0 Å². The molecule has 1 aromatic rings. The summed E-state index contributed by atoms with van der Waals surface area (Å²) in [5.74, 6) is 1.39. The first-order valence-corrected chi connectivity index (χ1v) is 8.44. The van der Waals surface area contributed by atoms with E-state index in [1.165, 1.54) is 12.8 Å². The number of nitrogens with zero attached hydrogens (tertiary/aromatic N) is 4. The first-order chi connectivity index (χ1) is 10.3. The first-order valence-electron chi connectivity index (χ1n) is 8.44. The number of rotatable bonds is 6. The summed E-state index contributed by atoms with van der Waals surface area (Å²) in [6, 6.07) is 0. The molecule has 0 atom stereocenters. The molecule has 0 spiro atoms. The average molecular weight is 290 g/mol. The highest BCUT2D eigenvalue weighted by Crippen LogP contribution is 2.32. The molecule has 0 aromatic carbocycles. The molecule has 0 N–H and O–H groups in total. The fraction of sp³-hybridized carbons (Fsp3) is 0.812. The van der Waals surface area contributed by atoms with E-state index in [0.29, 0.717) is 17.7 Å². The fourth-order valence-electron chi connectivity index (χ4n) is 3.09. The zero-order chi connectivity index (χ0) is 14.7. The van der Waals surface area contributed by atoms with E-state index in [-0.39, 0.29) is 0 Å². The molecule has 1 aliphatic heterocycles. The summed E-state index contributed by atoms with van der Waals surface area (Å²) < 4.78 is 1.99. The zero-order valence-electron chi connectivity index (χ0n) is 13.0. The summed E-state index contributed by atoms with van der Waals surface area (Å²) in [5.41, 5.74) is 1.11. The van der Waals surface area contributed by atoms with Crippen LogP contribution in [0.25, 0.3) is 0 Å². The second-order valence-corrected chi connectivity index (χ2v) is 6.58. The molecule has 1 aromatic heterocycles. The molecule has 2 aliphatic rings. The van der Waals surface area contributed by atoms with Crippen LogP contribution in [0.1, 0.15) is 51.1 Å². The van der Waals surface area contributed by atoms with Gasteiger partial charge in [-0.05, 0) is 44.4 Å². The minimum atomic E-state index is 0.359. The number of carbonyl (C=O) groups excluding carboxylic acids is 1. The summed E-state index contributed by atoms with van der Waals surface area (Å²) in [7, 11) is 0. The lowest BCUT2D eigenvalue weighted by atomic mass is 9.96. The summed E-state index contributed by atoms with van der Waals surface area (Å²) in [4.78, 5) is 14.1. The Balaban J connectivity index is 1.44. The van der Waals surface area contributed by atoms with Gasteiger partial charge in [0.15, 0.2) is 0 Å². The van der Waals surface area contributed by atoms with Gasteiger partial charge in [-0.25, -0.2) is 0 Å². The molecule has 2 heterocycles. The van der Waals surface area contributed by atoms with Gasteiger partial charge in [-0.15, -0.1) is 5.10 Å². The van der Waals surface area contributed by atoms with Crippen LogP contribution < -0.4 is 0 Å². The van der Waals surface area contributed by atoms with Crippen molar-refractivity contribution >= 4 is 5.91 Å². The van der Waals surface area contributed by atoms with Crippen LogP contribution in [0, 0.1) is 11.8 Å². The van der Waals surface area contributed by atoms with Crippen molar-refractivity contribution in [3.8, 4) is 0 Å². The van der Waals surface area contributed by atoms with Crippen molar-refractivity contribution in [1.82, 2.24) is 19.9 Å². The van der Waals surface area contributed by atoms with Crippen molar-refractivity contribution in [2.75, 3.05) is 13.1 Å². The molecule has 2 fully saturated rings. The van der Waals surface area contributed by atoms with Crippen LogP contribution >= 0.6 is 0 Å². The molecule has 0 bridgehead atoms. The van der Waals surface area contributed by atoms with Crippen molar-refractivity contribution in [3.63, 3.8) is 0 Å². The molecule has 116 valence electrons. The molecule has 1 aliphatic carbocycles. The largest absolute Gasteiger partial charge is 0.342 e. The molecular formula is C16H26N4O. The van der Waals surface area contributed by atoms with Crippen molar-refractivity contribution < 1.29 is 4.79 Å². The van der Waals surface area contributed by atoms with Gasteiger partial charge in [-0.1, -0.05) is 18.6 Å². The molecule has 5 heteroatoms. The maximum absolute atomic E-state index is 12.0. The second kappa shape index (κ2) is 6.58. The van der Waals surface area contributed by atoms with Gasteiger partial charge in [0.05, 0.1) is 5.69 Å². The highest BCUT2D eigenvalue weighted by molar-refractivity contribution is 5.81. The Bertz CT molecular complexity index is 472. The Hall–Kier alpha value is -1.39. The Morgan fingerprint density at radius 2 is 2.05 bits per heavy atom. The Labute approximate surface area is 126 Å². The van der Waals surface area contributed by atoms with E-state index in [9.17, 15) is 4.79 Å². The molecule has 1 amide bonds. The normalized spacial score (nSPS) is 20.0. The second-order valence-electron chi connectivity index (χ2n) is 6.58. The summed E-state index contributed by atoms with van der Waals surface area (Å²) in [6.45, 7) is 5.00. The van der Waals surface area contributed by atoms with Gasteiger partial charge in [0, 0.05) is 31.7 Å². The van der Waals surface area contributed by atoms with Gasteiger partial charge < -0.3 is 4.90 Å². The highest BCUT2D eigenvalue weighted by Gasteiger charge is 2.34. The Kier molecular flexibility index (Phi) is 4.56. The van der Waals surface area contributed by atoms with Gasteiger partial charge in [-0.2, -0.15) is 0 Å². The monoisotopic (exact) mass is 290 g/mol. The molecule has 0 radical (unpaired) electrons. The van der Waals surface area contributed by atoms with Crippen LogP contribution in [0.15, 0.2) is 6.20 Å². The minimum Gasteiger partial charge on any atom is -0.342 e. The van der Waals surface area contributed by atoms with Crippen LogP contribution in [0.5, 0.6) is 0 Å². The van der Waals surface area contributed by atoms with Crippen LogP contribution in [-0.4, -0.2) is 38.9 Å². The maximum Gasteiger partial charge on any atom is 0.225 e. The number of hydrogen-bond acceptors (Lipinski definition) is 3. The molecule has 5 nitrogen and oxygen atoms in total. The van der Waals surface area contributed by atoms with E-state index in [0.717, 1.165) is 57.4 Å². The van der Waals surface area contributed by atoms with Crippen LogP contribution in [-0.2, 0) is 17.8 Å². The number of hydrogen-bond donors (Lipinski definition) is 0. The lowest BCUT2D eigenvalue weighted by Crippen LogP contribution is -2.40. The fourth-order valence-corrected chi connectivity index (χ4v) is 3.09. The van der Waals surface area contributed by atoms with Crippen LogP contribution in [0.2, 0.25) is 0 Å². The molecule has 21 heavy (non-hydrogen) atoms. The molecular weight excluding hydrogens is 264 g/mol. The minimum absolute atomic E-state index is 0.359. The van der Waals surface area contributed by atoms with E-state index in [1.807, 2.05) is 4.68 Å². The van der Waals surface area contributed by atoms with E-state index in [4.69, 9.17) is 0 Å². The lowest BCUT2D eigenvalue weighted by Gasteiger charge is -2.32. The van der Waals surface area contributed by atoms with Crippen molar-refractivity contribution in [2.24, 2.45) is 11.8 Å². The van der Waals surface area contributed by atoms with Gasteiger partial charge in [0.25, 0.3) is 0 Å². The number of aromatic nitrogens is 3. The maximum atomic E-state index is 12.0. The quantitative estimate of drug-likeness (QED) is 0.807. The third-order valence-corrected chi connectivity index (χ3v) is 4.67. The zero-order valence-corrected chi connectivity index (χ0v) is 13.0. The van der Waals surface area contributed by atoms with Crippen LogP contribution in [0.4, 0.5) is 0 Å². The van der Waals surface area contributed by atoms with Gasteiger partial charge in [0.1, 0.15) is 0 Å². The molecule has 1 saturated carbocycles. The van der Waals surface area contributed by atoms with E-state index in [1.54, 1.807) is 0 Å². The molecule has 0 unspecified atom stereocenters. The summed E-state index contributed by atoms with van der Waals surface area (Å²) in [5, 5.41) is 8.48. The highest BCUT2D eigenvalue weighted by atomic mass is 16.2. The van der Waals surface area contributed by atoms with Crippen molar-refractivity contribution in [1.29, 1.82) is 0 Å². The third kappa shape index (κ3) is 3.83. The lowest BCUT2D eigenvalue weighted by molar-refractivity contribution is -0.134. The van der Waals surface area contributed by atoms with E-state index >= 15 is 0 Å². The Morgan fingerprint density at radius 1 is 1.29 bits per heavy atom. The average Bonchev–Trinajstić information content (AvgIpc) is 3.27. The number of aryl methyl sites for hydroxylation is 1. The number of unbranched alkanes of at least 4 members (excludes halogenated alkanes) is 1. The van der Waals surface area contributed by atoms with Crippen molar-refractivity contribution in [2.45, 2.75) is 58.4 Å². The van der Waals surface area contributed by atoms with Gasteiger partial charge >= 0.3 is 0 Å². The summed E-state index contributed by atoms with van der Waals surface area (Å²) >= 11 is 0. The predicted molar refractivity (Wildman–Crippen MR) is 80.7 cm³/mol. The standard InChI is InChI=1S/C16H26N4O/c1-2-3-4-15-12-20(18-17-15)11-13-7-9-19(10-8-13)16(21)14-5-6-14/h12-14H,2-11H2,1H3. The van der Waals surface area contributed by atoms with Gasteiger partial charge in [-0.3, -0.25) is 9.48 Å². The van der Waals surface area contributed by atoms with Crippen molar-refractivity contribution in [3.05, 3.63) is 11.9 Å². The Morgan fingerprint density at radius 3 is 2.71 bits per heavy atom. The number of piperidine rings is 1.